The van der Waals surface area contributed by atoms with Gasteiger partial charge < -0.3 is 15.0 Å². The Kier molecular flexibility index (Phi) is 6.92. The number of aromatic nitrogens is 1. The molecule has 0 fully saturated rings. The van der Waals surface area contributed by atoms with E-state index in [0.29, 0.717) is 17.8 Å². The quantitative estimate of drug-likeness (QED) is 0.682. The second-order valence-electron chi connectivity index (χ2n) is 5.01. The van der Waals surface area contributed by atoms with Gasteiger partial charge >= 0.3 is 16.8 Å². The molecule has 1 heterocycles. The van der Waals surface area contributed by atoms with Crippen LogP contribution in [0.15, 0.2) is 24.3 Å². The van der Waals surface area contributed by atoms with Crippen LogP contribution >= 0.6 is 23.6 Å². The fourth-order valence-corrected chi connectivity index (χ4v) is 3.85. The van der Waals surface area contributed by atoms with E-state index in [0.717, 1.165) is 16.6 Å². The Labute approximate surface area is 148 Å². The van der Waals surface area contributed by atoms with Gasteiger partial charge in [0.15, 0.2) is 0 Å². The number of para-hydroxylation sites is 1. The maximum absolute atomic E-state index is 12.1. The first-order valence-electron chi connectivity index (χ1n) is 6.77. The molecule has 0 N–H and O–H groups in total. The van der Waals surface area contributed by atoms with Gasteiger partial charge in [-0.05, 0) is 18.6 Å². The second kappa shape index (κ2) is 8.01. The molecule has 7 heteroatoms. The van der Waals surface area contributed by atoms with Crippen LogP contribution in [0.2, 0.25) is 0 Å². The molecule has 0 saturated heterocycles. The zero-order valence-corrected chi connectivity index (χ0v) is 14.6. The SMILES string of the molecule is CCCCC(CC(=O)[O-])(C([O-])=S)c1nc2ccccc2s1.[Co+2]. The van der Waals surface area contributed by atoms with Gasteiger partial charge in [0.25, 0.3) is 0 Å². The number of fused-ring (bicyclic) bond motifs is 1. The minimum Gasteiger partial charge on any atom is -0.867 e. The van der Waals surface area contributed by atoms with Crippen molar-refractivity contribution in [1.29, 1.82) is 0 Å². The maximum Gasteiger partial charge on any atom is 2.00 e. The fourth-order valence-electron chi connectivity index (χ4n) is 2.33. The van der Waals surface area contributed by atoms with Gasteiger partial charge in [-0.1, -0.05) is 36.9 Å². The standard InChI is InChI=1S/C15H17NO3S2.Co/c1-2-3-8-15(14(19)20,9-12(17)18)13-16-10-6-4-5-7-11(10)21-13;/h4-7H,2-3,8-9H2,1H3,(H,17,18)(H,19,20);/q;+2/p-2. The van der Waals surface area contributed by atoms with Gasteiger partial charge in [0.1, 0.15) is 5.01 Å². The molecule has 0 amide bonds. The largest absolute Gasteiger partial charge is 2.00 e. The van der Waals surface area contributed by atoms with Crippen molar-refractivity contribution < 1.29 is 31.8 Å². The first kappa shape index (κ1) is 19.0. The molecule has 0 saturated carbocycles. The molecule has 1 unspecified atom stereocenters. The van der Waals surface area contributed by atoms with Gasteiger partial charge in [-0.2, -0.15) is 0 Å². The van der Waals surface area contributed by atoms with Gasteiger partial charge in [-0.25, -0.2) is 4.98 Å². The van der Waals surface area contributed by atoms with Crippen molar-refractivity contribution >= 4 is 44.8 Å². The van der Waals surface area contributed by atoms with Crippen LogP contribution in [0, 0.1) is 0 Å². The first-order valence-corrected chi connectivity index (χ1v) is 7.99. The summed E-state index contributed by atoms with van der Waals surface area (Å²) >= 11 is 6.20. The third-order valence-corrected chi connectivity index (χ3v) is 5.13. The van der Waals surface area contributed by atoms with Crippen LogP contribution in [0.1, 0.15) is 37.6 Å². The number of unbranched alkanes of at least 4 members (excludes halogenated alkanes) is 1. The van der Waals surface area contributed by atoms with Crippen molar-refractivity contribution in [3.05, 3.63) is 29.3 Å². The van der Waals surface area contributed by atoms with E-state index in [2.05, 4.69) is 4.98 Å². The van der Waals surface area contributed by atoms with Gasteiger partial charge in [-0.15, -0.1) is 23.6 Å². The molecular formula is C15H15CoNO3S2. The number of aliphatic carboxylic acids is 1. The number of benzene rings is 1. The van der Waals surface area contributed by atoms with Crippen molar-refractivity contribution in [1.82, 2.24) is 4.98 Å². The van der Waals surface area contributed by atoms with E-state index in [9.17, 15) is 15.0 Å². The molecule has 0 spiro atoms. The predicted octanol–water partition coefficient (Wildman–Crippen LogP) is 1.55. The molecule has 0 bridgehead atoms. The maximum atomic E-state index is 12.1. The zero-order chi connectivity index (χ0) is 15.5. The predicted molar refractivity (Wildman–Crippen MR) is 83.0 cm³/mol. The number of nitrogens with zero attached hydrogens (tertiary/aromatic N) is 1. The van der Waals surface area contributed by atoms with Crippen LogP contribution in [0.5, 0.6) is 0 Å². The van der Waals surface area contributed by atoms with E-state index >= 15 is 0 Å². The summed E-state index contributed by atoms with van der Waals surface area (Å²) in [6.07, 6.45) is 1.54. The Morgan fingerprint density at radius 3 is 2.59 bits per heavy atom. The Balaban J connectivity index is 0.00000242. The van der Waals surface area contributed by atoms with Crippen molar-refractivity contribution in [3.8, 4) is 0 Å². The summed E-state index contributed by atoms with van der Waals surface area (Å²) in [6.45, 7) is 1.98. The van der Waals surface area contributed by atoms with Crippen LogP contribution < -0.4 is 10.2 Å². The summed E-state index contributed by atoms with van der Waals surface area (Å²) < 4.78 is 0.919. The number of rotatable bonds is 7. The molecule has 1 atom stereocenters. The van der Waals surface area contributed by atoms with Gasteiger partial charge in [-0.3, -0.25) is 0 Å². The molecule has 0 aliphatic heterocycles. The molecular weight excluding hydrogens is 365 g/mol. The Hall–Kier alpha value is -1.02. The molecule has 4 nitrogen and oxygen atoms in total. The molecule has 0 aliphatic rings. The third-order valence-electron chi connectivity index (χ3n) is 3.50. The van der Waals surface area contributed by atoms with Crippen molar-refractivity contribution in [2.45, 2.75) is 38.0 Å². The van der Waals surface area contributed by atoms with Crippen molar-refractivity contribution in [2.24, 2.45) is 0 Å². The van der Waals surface area contributed by atoms with E-state index in [-0.39, 0.29) is 16.8 Å². The number of carbonyl (C=O) groups is 1. The van der Waals surface area contributed by atoms with Crippen LogP contribution in [-0.2, 0) is 27.0 Å². The van der Waals surface area contributed by atoms with Crippen molar-refractivity contribution in [3.63, 3.8) is 0 Å². The van der Waals surface area contributed by atoms with Crippen LogP contribution in [0.4, 0.5) is 0 Å². The average molecular weight is 380 g/mol. The van der Waals surface area contributed by atoms with E-state index in [1.165, 1.54) is 11.3 Å². The van der Waals surface area contributed by atoms with E-state index in [1.54, 1.807) is 0 Å². The Morgan fingerprint density at radius 2 is 2.05 bits per heavy atom. The second-order valence-corrected chi connectivity index (χ2v) is 6.41. The minimum atomic E-state index is -1.27. The van der Waals surface area contributed by atoms with E-state index in [1.807, 2.05) is 31.2 Å². The van der Waals surface area contributed by atoms with Crippen LogP contribution in [0.25, 0.3) is 10.2 Å². The zero-order valence-electron chi connectivity index (χ0n) is 12.0. The molecule has 119 valence electrons. The Bertz CT molecular complexity index is 641. The van der Waals surface area contributed by atoms with Gasteiger partial charge in [0, 0.05) is 17.8 Å². The van der Waals surface area contributed by atoms with Crippen LogP contribution in [0.3, 0.4) is 0 Å². The minimum absolute atomic E-state index is 0. The van der Waals surface area contributed by atoms with Crippen LogP contribution in [-0.4, -0.2) is 16.0 Å². The van der Waals surface area contributed by atoms with Gasteiger partial charge in [0.05, 0.1) is 10.2 Å². The number of carbonyl (C=O) groups excluding carboxylic acids is 1. The molecule has 22 heavy (non-hydrogen) atoms. The summed E-state index contributed by atoms with van der Waals surface area (Å²) in [4.78, 5) is 15.6. The van der Waals surface area contributed by atoms with E-state index in [4.69, 9.17) is 12.2 Å². The summed E-state index contributed by atoms with van der Waals surface area (Å²) in [6, 6.07) is 7.47. The molecule has 2 rings (SSSR count). The first-order chi connectivity index (χ1) is 9.99. The van der Waals surface area contributed by atoms with Gasteiger partial charge in [0.2, 0.25) is 0 Å². The van der Waals surface area contributed by atoms with E-state index < -0.39 is 22.9 Å². The third kappa shape index (κ3) is 3.84. The molecule has 1 aromatic heterocycles. The molecule has 0 aliphatic carbocycles. The Morgan fingerprint density at radius 1 is 1.36 bits per heavy atom. The number of carboxylic acids is 1. The number of hydrogen-bond acceptors (Lipinski definition) is 6. The summed E-state index contributed by atoms with van der Waals surface area (Å²) in [7, 11) is 0. The summed E-state index contributed by atoms with van der Waals surface area (Å²) in [5, 5.41) is 23.1. The molecule has 1 radical (unpaired) electrons. The average Bonchev–Trinajstić information content (AvgIpc) is 2.86. The smallest absolute Gasteiger partial charge is 0.867 e. The number of thiocarbonyl (C=S) groups is 1. The summed E-state index contributed by atoms with van der Waals surface area (Å²) in [5.74, 6) is -1.27. The summed E-state index contributed by atoms with van der Waals surface area (Å²) in [5.41, 5.74) is -0.485. The van der Waals surface area contributed by atoms with Crippen molar-refractivity contribution in [2.75, 3.05) is 0 Å². The number of carboxylic acid groups (broad SMARTS) is 1. The fraction of sp³-hybridized carbons (Fsp3) is 0.400. The monoisotopic (exact) mass is 380 g/mol. The number of hydrogen-bond donors (Lipinski definition) is 0. The molecule has 1 aromatic carbocycles. The number of thiazole rings is 1. The molecule has 2 aromatic rings. The topological polar surface area (TPSA) is 76.1 Å². The normalized spacial score (nSPS) is 13.3.